The summed E-state index contributed by atoms with van der Waals surface area (Å²) in [6.07, 6.45) is 90.6. The largest absolute Gasteiger partial charge is 0.472 e. The van der Waals surface area contributed by atoms with Crippen molar-refractivity contribution in [3.05, 3.63) is 182 Å². The molecule has 0 amide bonds. The average Bonchev–Trinajstić information content (AvgIpc) is 0.906. The van der Waals surface area contributed by atoms with Crippen LogP contribution in [-0.4, -0.2) is 96.7 Å². The summed E-state index contributed by atoms with van der Waals surface area (Å²) in [6, 6.07) is 0. The molecule has 0 spiro atoms. The number of rotatable bonds is 71. The first-order chi connectivity index (χ1) is 50.7. The minimum Gasteiger partial charge on any atom is -0.462 e. The Morgan fingerprint density at radius 1 is 0.279 bits per heavy atom. The Morgan fingerprint density at radius 2 is 0.538 bits per heavy atom. The van der Waals surface area contributed by atoms with Gasteiger partial charge in [-0.1, -0.05) is 274 Å². The summed E-state index contributed by atoms with van der Waals surface area (Å²) in [7, 11) is -10.0. The van der Waals surface area contributed by atoms with Gasteiger partial charge in [0.1, 0.15) is 19.3 Å². The number of phosphoric acid groups is 2. The van der Waals surface area contributed by atoms with E-state index in [0.717, 1.165) is 154 Å². The van der Waals surface area contributed by atoms with Crippen LogP contribution < -0.4 is 0 Å². The molecule has 17 nitrogen and oxygen atoms in total. The van der Waals surface area contributed by atoms with Crippen molar-refractivity contribution in [3.63, 3.8) is 0 Å². The van der Waals surface area contributed by atoms with Crippen molar-refractivity contribution < 1.29 is 80.2 Å². The van der Waals surface area contributed by atoms with Gasteiger partial charge in [-0.15, -0.1) is 0 Å². The number of carbonyl (C=O) groups excluding carboxylic acids is 4. The summed E-state index contributed by atoms with van der Waals surface area (Å²) in [4.78, 5) is 72.9. The van der Waals surface area contributed by atoms with Crippen molar-refractivity contribution >= 4 is 39.5 Å². The Balaban J connectivity index is 5.53. The van der Waals surface area contributed by atoms with Gasteiger partial charge in [0, 0.05) is 25.7 Å². The monoisotopic (exact) mass is 1490 g/mol. The Morgan fingerprint density at radius 3 is 0.894 bits per heavy atom. The van der Waals surface area contributed by atoms with Gasteiger partial charge in [0.15, 0.2) is 12.2 Å². The van der Waals surface area contributed by atoms with Crippen LogP contribution in [0.2, 0.25) is 0 Å². The topological polar surface area (TPSA) is 237 Å². The number of ether oxygens (including phenoxy) is 4. The van der Waals surface area contributed by atoms with Gasteiger partial charge in [-0.2, -0.15) is 0 Å². The highest BCUT2D eigenvalue weighted by molar-refractivity contribution is 7.47. The number of aliphatic hydroxyl groups is 1. The Kier molecular flexibility index (Phi) is 71.2. The summed E-state index contributed by atoms with van der Waals surface area (Å²) in [5.74, 6) is -2.42. The first kappa shape index (κ1) is 98.2. The van der Waals surface area contributed by atoms with Gasteiger partial charge in [0.25, 0.3) is 0 Å². The Labute approximate surface area is 628 Å². The molecule has 19 heteroatoms. The van der Waals surface area contributed by atoms with Crippen molar-refractivity contribution in [2.45, 2.75) is 290 Å². The lowest BCUT2D eigenvalue weighted by molar-refractivity contribution is -0.161. The van der Waals surface area contributed by atoms with Gasteiger partial charge in [-0.25, -0.2) is 9.13 Å². The summed E-state index contributed by atoms with van der Waals surface area (Å²) < 4.78 is 68.3. The van der Waals surface area contributed by atoms with E-state index < -0.39 is 97.5 Å². The lowest BCUT2D eigenvalue weighted by Gasteiger charge is -2.21. The molecule has 588 valence electrons. The Hall–Kier alpha value is -5.84. The van der Waals surface area contributed by atoms with Gasteiger partial charge in [0.2, 0.25) is 0 Å². The standard InChI is InChI=1S/C85H136O17P2/c1-5-9-13-17-21-25-29-33-35-37-39-41-43-47-50-54-58-62-66-70-83(88)96-76-81(102-85(90)72-68-64-60-56-52-48-44-42-40-38-36-34-30-26-22-18-14-10-6-2)78-100-104(93,94)98-74-79(86)73-97-103(91,92)99-77-80(101-84(89)71-67-63-59-55-51-46-32-28-24-20-16-12-8-4)75-95-82(87)69-65-61-57-53-49-45-31-27-23-19-15-11-7-3/h9-10,13-15,19,21-22,25-28,31-36,39-42,47-48,50,52,58,60,62,64,79-81,86H,5-8,11-12,16-18,20,23-24,29-30,37-38,43-46,49,51,53-57,59,61,63,65-78H2,1-4H3,(H,91,92)(H,93,94)/b13-9-,14-10-,19-15-,25-21-,26-22-,31-27-,32-28-,35-33-,36-34-,41-39-,42-40-,50-47-,52-48-,62-58-,64-60-. The maximum atomic E-state index is 13.1. The van der Waals surface area contributed by atoms with Crippen LogP contribution in [0.5, 0.6) is 0 Å². The fourth-order valence-corrected chi connectivity index (χ4v) is 11.1. The van der Waals surface area contributed by atoms with Crippen LogP contribution in [0.3, 0.4) is 0 Å². The predicted octanol–water partition coefficient (Wildman–Crippen LogP) is 22.8. The Bertz CT molecular complexity index is 2690. The third kappa shape index (κ3) is 74.4. The molecule has 0 aromatic heterocycles. The summed E-state index contributed by atoms with van der Waals surface area (Å²) in [6.45, 7) is 4.34. The molecule has 0 saturated heterocycles. The molecule has 5 atom stereocenters. The lowest BCUT2D eigenvalue weighted by Crippen LogP contribution is -2.30. The molecule has 3 N–H and O–H groups in total. The van der Waals surface area contributed by atoms with E-state index in [1.54, 1.807) is 0 Å². The number of allylic oxidation sites excluding steroid dienone is 30. The van der Waals surface area contributed by atoms with Crippen LogP contribution in [0, 0.1) is 0 Å². The number of carbonyl (C=O) groups is 4. The van der Waals surface area contributed by atoms with Crippen LogP contribution in [0.4, 0.5) is 0 Å². The van der Waals surface area contributed by atoms with E-state index in [1.807, 2.05) is 36.5 Å². The van der Waals surface area contributed by atoms with Crippen molar-refractivity contribution in [1.29, 1.82) is 0 Å². The van der Waals surface area contributed by atoms with Gasteiger partial charge in [-0.3, -0.25) is 37.3 Å². The van der Waals surface area contributed by atoms with E-state index in [1.165, 1.54) is 25.7 Å². The molecule has 0 aliphatic carbocycles. The molecular weight excluding hydrogens is 1350 g/mol. The number of unbranched alkanes of at least 4 members (excludes halogenated alkanes) is 15. The molecule has 0 bridgehead atoms. The molecule has 5 unspecified atom stereocenters. The smallest absolute Gasteiger partial charge is 0.462 e. The van der Waals surface area contributed by atoms with E-state index in [-0.39, 0.29) is 25.7 Å². The van der Waals surface area contributed by atoms with Crippen LogP contribution in [0.15, 0.2) is 182 Å². The number of aliphatic hydroxyl groups excluding tert-OH is 1. The van der Waals surface area contributed by atoms with E-state index in [2.05, 4.69) is 174 Å². The number of hydrogen-bond donors (Lipinski definition) is 3. The molecular formula is C85H136O17P2. The van der Waals surface area contributed by atoms with E-state index >= 15 is 0 Å². The minimum atomic E-state index is -5.02. The highest BCUT2D eigenvalue weighted by Gasteiger charge is 2.30. The maximum absolute atomic E-state index is 13.1. The second-order valence-corrected chi connectivity index (χ2v) is 28.1. The van der Waals surface area contributed by atoms with E-state index in [9.17, 15) is 43.2 Å². The second-order valence-electron chi connectivity index (χ2n) is 25.2. The quantitative estimate of drug-likeness (QED) is 0.0169. The number of esters is 4. The zero-order valence-electron chi connectivity index (χ0n) is 64.1. The van der Waals surface area contributed by atoms with Crippen LogP contribution in [0.25, 0.3) is 0 Å². The predicted molar refractivity (Wildman–Crippen MR) is 426 cm³/mol. The van der Waals surface area contributed by atoms with Crippen molar-refractivity contribution in [3.8, 4) is 0 Å². The first-order valence-electron chi connectivity index (χ1n) is 39.0. The highest BCUT2D eigenvalue weighted by Crippen LogP contribution is 2.45. The van der Waals surface area contributed by atoms with Gasteiger partial charge in [-0.05, 0) is 154 Å². The maximum Gasteiger partial charge on any atom is 0.472 e. The van der Waals surface area contributed by atoms with Gasteiger partial charge >= 0.3 is 39.5 Å². The normalized spacial score (nSPS) is 14.9. The van der Waals surface area contributed by atoms with Crippen molar-refractivity contribution in [2.24, 2.45) is 0 Å². The van der Waals surface area contributed by atoms with Crippen LogP contribution in [-0.2, 0) is 65.4 Å². The molecule has 0 aromatic carbocycles. The number of phosphoric ester groups is 2. The third-order valence-corrected chi connectivity index (χ3v) is 17.2. The number of hydrogen-bond acceptors (Lipinski definition) is 15. The second kappa shape index (κ2) is 75.4. The van der Waals surface area contributed by atoms with Crippen molar-refractivity contribution in [1.82, 2.24) is 0 Å². The minimum absolute atomic E-state index is 0.0127. The average molecular weight is 1490 g/mol. The molecule has 0 radical (unpaired) electrons. The summed E-state index contributed by atoms with van der Waals surface area (Å²) in [5.41, 5.74) is 0. The first-order valence-corrected chi connectivity index (χ1v) is 42.0. The van der Waals surface area contributed by atoms with E-state index in [4.69, 9.17) is 37.0 Å². The molecule has 0 saturated carbocycles. The fraction of sp³-hybridized carbons (Fsp3) is 0.600. The van der Waals surface area contributed by atoms with Crippen molar-refractivity contribution in [2.75, 3.05) is 39.6 Å². The lowest BCUT2D eigenvalue weighted by atomic mass is 10.1. The molecule has 0 aromatic rings. The summed E-state index contributed by atoms with van der Waals surface area (Å²) >= 11 is 0. The van der Waals surface area contributed by atoms with Crippen LogP contribution in [0.1, 0.15) is 272 Å². The molecule has 104 heavy (non-hydrogen) atoms. The van der Waals surface area contributed by atoms with Gasteiger partial charge in [0.05, 0.1) is 26.4 Å². The molecule has 0 aliphatic rings. The fourth-order valence-electron chi connectivity index (χ4n) is 9.48. The third-order valence-electron chi connectivity index (χ3n) is 15.3. The molecule has 0 rings (SSSR count). The SMILES string of the molecule is CC/C=C\C/C=C\C/C=C\C/C=C\C/C=C\C/C=C\CCC(=O)OCC(COP(=O)(O)OCC(O)COP(=O)(O)OCC(COC(=O)CCCCCCC/C=C\C/C=C\CCC)OC(=O)CCCCCCC/C=C\CCCCCC)OC(=O)CC/C=C\C/C=C\C/C=C\C/C=C\C/C=C\C/C=C\CC. The molecule has 0 aliphatic heterocycles. The zero-order valence-corrected chi connectivity index (χ0v) is 65.9. The molecule has 0 fully saturated rings. The van der Waals surface area contributed by atoms with Gasteiger partial charge < -0.3 is 33.8 Å². The highest BCUT2D eigenvalue weighted by atomic mass is 31.2. The van der Waals surface area contributed by atoms with Crippen LogP contribution >= 0.6 is 15.6 Å². The zero-order chi connectivity index (χ0) is 76.0. The summed E-state index contributed by atoms with van der Waals surface area (Å²) in [5, 5.41) is 10.6. The van der Waals surface area contributed by atoms with E-state index in [0.29, 0.717) is 38.5 Å². The molecule has 0 heterocycles.